The number of nitrogens with one attached hydrogen (secondary N) is 2. The van der Waals surface area contributed by atoms with Crippen LogP contribution in [0.2, 0.25) is 0 Å². The molecule has 2 N–H and O–H groups in total. The van der Waals surface area contributed by atoms with Gasteiger partial charge in [0.25, 0.3) is 0 Å². The summed E-state index contributed by atoms with van der Waals surface area (Å²) in [5.41, 5.74) is 1.36. The highest BCUT2D eigenvalue weighted by Crippen LogP contribution is 2.18. The summed E-state index contributed by atoms with van der Waals surface area (Å²) in [6, 6.07) is 15.0. The highest BCUT2D eigenvalue weighted by molar-refractivity contribution is 14.0. The Morgan fingerprint density at radius 2 is 1.83 bits per heavy atom. The average molecular weight is 511 g/mol. The summed E-state index contributed by atoms with van der Waals surface area (Å²) in [6.07, 6.45) is 4.21. The second kappa shape index (κ2) is 13.8. The third kappa shape index (κ3) is 8.10. The first-order valence-corrected chi connectivity index (χ1v) is 10.4. The van der Waals surface area contributed by atoms with E-state index in [-0.39, 0.29) is 24.0 Å². The number of nitrogens with zero attached hydrogens (tertiary/aromatic N) is 1. The molecule has 0 unspecified atom stereocenters. The van der Waals surface area contributed by atoms with Crippen molar-refractivity contribution in [1.29, 1.82) is 0 Å². The molecule has 0 atom stereocenters. The van der Waals surface area contributed by atoms with Gasteiger partial charge in [0.15, 0.2) is 5.96 Å². The number of hydrogen-bond acceptors (Lipinski definition) is 3. The van der Waals surface area contributed by atoms with Crippen molar-refractivity contribution in [3.8, 4) is 0 Å². The van der Waals surface area contributed by atoms with Gasteiger partial charge in [-0.25, -0.2) is 0 Å². The van der Waals surface area contributed by atoms with Gasteiger partial charge in [-0.1, -0.05) is 42.5 Å². The Hall–Kier alpha value is -1.38. The summed E-state index contributed by atoms with van der Waals surface area (Å²) >= 11 is 0. The molecule has 0 spiro atoms. The smallest absolute Gasteiger partial charge is 0.190 e. The van der Waals surface area contributed by atoms with E-state index in [4.69, 9.17) is 9.47 Å². The molecular formula is C23H34IN3O2. The first kappa shape index (κ1) is 23.9. The molecule has 1 fully saturated rings. The second-order valence-corrected chi connectivity index (χ2v) is 7.30. The molecule has 29 heavy (non-hydrogen) atoms. The zero-order valence-corrected chi connectivity index (χ0v) is 19.7. The molecule has 0 bridgehead atoms. The number of fused-ring (bicyclic) bond motifs is 1. The van der Waals surface area contributed by atoms with Gasteiger partial charge in [-0.05, 0) is 47.9 Å². The minimum atomic E-state index is 0. The predicted molar refractivity (Wildman–Crippen MR) is 131 cm³/mol. The quantitative estimate of drug-likeness (QED) is 0.231. The number of aliphatic imine (C=N–C) groups is 1. The van der Waals surface area contributed by atoms with Crippen LogP contribution in [0.4, 0.5) is 0 Å². The minimum Gasteiger partial charge on any atom is -0.381 e. The molecule has 2 aromatic rings. The molecule has 0 aliphatic carbocycles. The van der Waals surface area contributed by atoms with Crippen LogP contribution < -0.4 is 10.6 Å². The summed E-state index contributed by atoms with van der Waals surface area (Å²) in [5, 5.41) is 9.40. The van der Waals surface area contributed by atoms with Crippen LogP contribution >= 0.6 is 24.0 Å². The Morgan fingerprint density at radius 3 is 2.66 bits per heavy atom. The lowest BCUT2D eigenvalue weighted by Crippen LogP contribution is -2.39. The standard InChI is InChI=1S/C23H33N3O2.HI/c1-24-23(25-13-5-15-28-18-19-11-16-27-17-12-19)26-14-10-21-8-4-7-20-6-2-3-9-22(20)21;/h2-4,6-9,19H,5,10-18H2,1H3,(H2,24,25,26);1H. The van der Waals surface area contributed by atoms with Gasteiger partial charge in [-0.3, -0.25) is 4.99 Å². The molecular weight excluding hydrogens is 477 g/mol. The van der Waals surface area contributed by atoms with Crippen molar-refractivity contribution in [2.75, 3.05) is 46.6 Å². The van der Waals surface area contributed by atoms with Crippen LogP contribution in [0.25, 0.3) is 10.8 Å². The predicted octanol–water partition coefficient (Wildman–Crippen LogP) is 4.00. The summed E-state index contributed by atoms with van der Waals surface area (Å²) < 4.78 is 11.2. The van der Waals surface area contributed by atoms with E-state index in [0.717, 1.165) is 71.2 Å². The lowest BCUT2D eigenvalue weighted by Gasteiger charge is -2.21. The largest absolute Gasteiger partial charge is 0.381 e. The molecule has 1 aliphatic rings. The van der Waals surface area contributed by atoms with Crippen LogP contribution in [0.1, 0.15) is 24.8 Å². The van der Waals surface area contributed by atoms with E-state index in [9.17, 15) is 0 Å². The molecule has 160 valence electrons. The van der Waals surface area contributed by atoms with Gasteiger partial charge in [-0.15, -0.1) is 24.0 Å². The second-order valence-electron chi connectivity index (χ2n) is 7.30. The molecule has 5 nitrogen and oxygen atoms in total. The van der Waals surface area contributed by atoms with Crippen LogP contribution in [0.15, 0.2) is 47.5 Å². The summed E-state index contributed by atoms with van der Waals surface area (Å²) in [6.45, 7) is 5.14. The van der Waals surface area contributed by atoms with Crippen LogP contribution in [0, 0.1) is 5.92 Å². The van der Waals surface area contributed by atoms with Gasteiger partial charge >= 0.3 is 0 Å². The van der Waals surface area contributed by atoms with E-state index in [1.165, 1.54) is 16.3 Å². The molecule has 0 amide bonds. The maximum atomic E-state index is 5.81. The zero-order chi connectivity index (χ0) is 19.4. The van der Waals surface area contributed by atoms with Gasteiger partial charge < -0.3 is 20.1 Å². The molecule has 1 saturated heterocycles. The van der Waals surface area contributed by atoms with E-state index in [0.29, 0.717) is 5.92 Å². The van der Waals surface area contributed by atoms with Crippen LogP contribution in [-0.4, -0.2) is 52.5 Å². The van der Waals surface area contributed by atoms with E-state index in [2.05, 4.69) is 58.1 Å². The maximum Gasteiger partial charge on any atom is 0.190 e. The number of hydrogen-bond donors (Lipinski definition) is 2. The monoisotopic (exact) mass is 511 g/mol. The molecule has 6 heteroatoms. The van der Waals surface area contributed by atoms with Crippen LogP contribution in [-0.2, 0) is 15.9 Å². The van der Waals surface area contributed by atoms with Crippen molar-refractivity contribution >= 4 is 40.7 Å². The fraction of sp³-hybridized carbons (Fsp3) is 0.522. The summed E-state index contributed by atoms with van der Waals surface area (Å²) in [7, 11) is 1.81. The molecule has 0 radical (unpaired) electrons. The highest BCUT2D eigenvalue weighted by Gasteiger charge is 2.13. The van der Waals surface area contributed by atoms with E-state index < -0.39 is 0 Å². The Balaban J connectivity index is 0.00000300. The summed E-state index contributed by atoms with van der Waals surface area (Å²) in [5.74, 6) is 1.52. The third-order valence-electron chi connectivity index (χ3n) is 5.24. The SMILES string of the molecule is CN=C(NCCCOCC1CCOCC1)NCCc1cccc2ccccc12.I. The van der Waals surface area contributed by atoms with Gasteiger partial charge in [0.2, 0.25) is 0 Å². The minimum absolute atomic E-state index is 0. The Morgan fingerprint density at radius 1 is 1.07 bits per heavy atom. The average Bonchev–Trinajstić information content (AvgIpc) is 2.75. The fourth-order valence-corrected chi connectivity index (χ4v) is 3.59. The molecule has 1 heterocycles. The molecule has 0 aromatic heterocycles. The maximum absolute atomic E-state index is 5.81. The van der Waals surface area contributed by atoms with Gasteiger partial charge in [0, 0.05) is 46.6 Å². The number of benzene rings is 2. The molecule has 0 saturated carbocycles. The lowest BCUT2D eigenvalue weighted by molar-refractivity contribution is 0.0203. The van der Waals surface area contributed by atoms with Crippen molar-refractivity contribution < 1.29 is 9.47 Å². The topological polar surface area (TPSA) is 54.9 Å². The van der Waals surface area contributed by atoms with Crippen molar-refractivity contribution in [3.63, 3.8) is 0 Å². The van der Waals surface area contributed by atoms with Crippen molar-refractivity contribution in [2.45, 2.75) is 25.7 Å². The van der Waals surface area contributed by atoms with Crippen LogP contribution in [0.5, 0.6) is 0 Å². The van der Waals surface area contributed by atoms with E-state index >= 15 is 0 Å². The molecule has 3 rings (SSSR count). The van der Waals surface area contributed by atoms with Gasteiger partial charge in [-0.2, -0.15) is 0 Å². The third-order valence-corrected chi connectivity index (χ3v) is 5.24. The normalized spacial score (nSPS) is 15.1. The van der Waals surface area contributed by atoms with Crippen molar-refractivity contribution in [3.05, 3.63) is 48.0 Å². The number of halogens is 1. The molecule has 1 aliphatic heterocycles. The Kier molecular flexibility index (Phi) is 11.3. The van der Waals surface area contributed by atoms with Gasteiger partial charge in [0.1, 0.15) is 0 Å². The highest BCUT2D eigenvalue weighted by atomic mass is 127. The first-order valence-electron chi connectivity index (χ1n) is 10.4. The molecule has 2 aromatic carbocycles. The van der Waals surface area contributed by atoms with Crippen molar-refractivity contribution in [2.24, 2.45) is 10.9 Å². The first-order chi connectivity index (χ1) is 13.9. The van der Waals surface area contributed by atoms with Crippen LogP contribution in [0.3, 0.4) is 0 Å². The van der Waals surface area contributed by atoms with E-state index in [1.807, 2.05) is 7.05 Å². The Labute approximate surface area is 191 Å². The number of rotatable bonds is 9. The number of ether oxygens (including phenoxy) is 2. The zero-order valence-electron chi connectivity index (χ0n) is 17.4. The lowest BCUT2D eigenvalue weighted by atomic mass is 10.0. The fourth-order valence-electron chi connectivity index (χ4n) is 3.59. The van der Waals surface area contributed by atoms with Gasteiger partial charge in [0.05, 0.1) is 0 Å². The number of guanidine groups is 1. The van der Waals surface area contributed by atoms with E-state index in [1.54, 1.807) is 0 Å². The van der Waals surface area contributed by atoms with Crippen molar-refractivity contribution in [1.82, 2.24) is 10.6 Å². The Bertz CT molecular complexity index is 742. The summed E-state index contributed by atoms with van der Waals surface area (Å²) in [4.78, 5) is 4.31.